The zero-order chi connectivity index (χ0) is 41.6. The lowest BCUT2D eigenvalue weighted by atomic mass is 9.93. The van der Waals surface area contributed by atoms with Gasteiger partial charge < -0.3 is 9.47 Å². The van der Waals surface area contributed by atoms with Gasteiger partial charge in [0.2, 0.25) is 0 Å². The van der Waals surface area contributed by atoms with Crippen molar-refractivity contribution in [2.75, 3.05) is 4.90 Å². The lowest BCUT2D eigenvalue weighted by Crippen LogP contribution is -2.11. The highest BCUT2D eigenvalue weighted by Crippen LogP contribution is 2.43. The molecule has 0 unspecified atom stereocenters. The molecule has 2 heteroatoms. The molecule has 62 heavy (non-hydrogen) atoms. The van der Waals surface area contributed by atoms with Crippen LogP contribution in [0.1, 0.15) is 18.1 Å². The minimum absolute atomic E-state index is 1.09. The van der Waals surface area contributed by atoms with Gasteiger partial charge in [-0.2, -0.15) is 0 Å². The highest BCUT2D eigenvalue weighted by Gasteiger charge is 2.19. The average Bonchev–Trinajstić information content (AvgIpc) is 3.67. The number of para-hydroxylation sites is 3. The number of nitrogens with zero attached hydrogens (tertiary/aromatic N) is 2. The van der Waals surface area contributed by atoms with Crippen molar-refractivity contribution in [1.29, 1.82) is 0 Å². The molecule has 0 saturated carbocycles. The molecule has 11 rings (SSSR count). The van der Waals surface area contributed by atoms with E-state index in [1.165, 1.54) is 76.7 Å². The molecule has 0 aliphatic heterocycles. The van der Waals surface area contributed by atoms with E-state index in [1.807, 2.05) is 0 Å². The molecule has 0 amide bonds. The summed E-state index contributed by atoms with van der Waals surface area (Å²) in [5, 5.41) is 7.62. The molecule has 0 spiro atoms. The van der Waals surface area contributed by atoms with Gasteiger partial charge in [-0.1, -0.05) is 170 Å². The predicted molar refractivity (Wildman–Crippen MR) is 266 cm³/mol. The van der Waals surface area contributed by atoms with Crippen molar-refractivity contribution in [2.24, 2.45) is 0 Å². The number of allylic oxidation sites excluding steroid dienone is 1. The van der Waals surface area contributed by atoms with Gasteiger partial charge in [-0.25, -0.2) is 0 Å². The van der Waals surface area contributed by atoms with Gasteiger partial charge in [-0.05, 0) is 135 Å². The van der Waals surface area contributed by atoms with E-state index in [2.05, 4.69) is 254 Å². The summed E-state index contributed by atoms with van der Waals surface area (Å²) >= 11 is 0. The fourth-order valence-corrected chi connectivity index (χ4v) is 9.40. The molecule has 0 aliphatic carbocycles. The largest absolute Gasteiger partial charge is 0.310 e. The number of aromatic nitrogens is 1. The average molecular weight is 793 g/mol. The number of hydrogen-bond acceptors (Lipinski definition) is 1. The maximum atomic E-state index is 2.40. The Morgan fingerprint density at radius 2 is 0.935 bits per heavy atom. The quantitative estimate of drug-likeness (QED) is 0.139. The van der Waals surface area contributed by atoms with E-state index >= 15 is 0 Å². The molecule has 0 fully saturated rings. The molecular formula is C60H44N2. The van der Waals surface area contributed by atoms with Gasteiger partial charge in [0.25, 0.3) is 0 Å². The standard InChI is InChI=1S/C60H44N2/c1-3-13-51-41(2)22-38-54-53(51)39-31-46-23-24-47(40-57(46)54)44-27-34-49(35-28-44)61(48-32-25-43(26-33-48)42-14-5-4-6-15-42)58-19-10-7-16-52(58)45-29-36-50(37-30-45)62-59-20-11-8-17-55(59)56-18-9-12-21-60(56)62/h3-40H,1-2H3/b13-3-. The first-order valence-corrected chi connectivity index (χ1v) is 21.5. The van der Waals surface area contributed by atoms with Crippen molar-refractivity contribution in [3.8, 4) is 39.1 Å². The van der Waals surface area contributed by atoms with Gasteiger partial charge in [0.1, 0.15) is 0 Å². The summed E-state index contributed by atoms with van der Waals surface area (Å²) in [7, 11) is 0. The van der Waals surface area contributed by atoms with E-state index in [0.717, 1.165) is 33.9 Å². The van der Waals surface area contributed by atoms with E-state index in [0.29, 0.717) is 0 Å². The summed E-state index contributed by atoms with van der Waals surface area (Å²) in [5.41, 5.74) is 16.5. The molecule has 0 radical (unpaired) electrons. The molecule has 294 valence electrons. The lowest BCUT2D eigenvalue weighted by molar-refractivity contribution is 1.18. The van der Waals surface area contributed by atoms with Crippen LogP contribution < -0.4 is 4.90 Å². The second kappa shape index (κ2) is 15.6. The van der Waals surface area contributed by atoms with Crippen LogP contribution in [-0.4, -0.2) is 4.57 Å². The van der Waals surface area contributed by atoms with Crippen molar-refractivity contribution < 1.29 is 0 Å². The number of anilines is 3. The Hall–Kier alpha value is -7.94. The van der Waals surface area contributed by atoms with Crippen molar-refractivity contribution in [3.63, 3.8) is 0 Å². The molecule has 0 atom stereocenters. The van der Waals surface area contributed by atoms with Crippen molar-refractivity contribution >= 4 is 66.5 Å². The molecule has 0 saturated heterocycles. The molecule has 10 aromatic carbocycles. The molecule has 1 heterocycles. The number of fused-ring (bicyclic) bond motifs is 6. The number of rotatable bonds is 8. The first kappa shape index (κ1) is 37.1. The second-order valence-electron chi connectivity index (χ2n) is 16.1. The Morgan fingerprint density at radius 3 is 1.61 bits per heavy atom. The van der Waals surface area contributed by atoms with Crippen LogP contribution in [0, 0.1) is 6.92 Å². The van der Waals surface area contributed by atoms with Crippen LogP contribution in [0.25, 0.3) is 88.5 Å². The van der Waals surface area contributed by atoms with Crippen LogP contribution in [0.2, 0.25) is 0 Å². The Labute approximate surface area is 362 Å². The summed E-state index contributed by atoms with van der Waals surface area (Å²) in [6.07, 6.45) is 4.36. The van der Waals surface area contributed by atoms with E-state index in [4.69, 9.17) is 0 Å². The maximum Gasteiger partial charge on any atom is 0.0541 e. The van der Waals surface area contributed by atoms with E-state index in [1.54, 1.807) is 0 Å². The normalized spacial score (nSPS) is 11.6. The van der Waals surface area contributed by atoms with Gasteiger partial charge in [-0.15, -0.1) is 0 Å². The maximum absolute atomic E-state index is 2.40. The molecule has 0 bridgehead atoms. The van der Waals surface area contributed by atoms with E-state index < -0.39 is 0 Å². The molecule has 1 aromatic heterocycles. The van der Waals surface area contributed by atoms with Gasteiger partial charge in [0.05, 0.1) is 16.7 Å². The first-order chi connectivity index (χ1) is 30.6. The second-order valence-corrected chi connectivity index (χ2v) is 16.1. The van der Waals surface area contributed by atoms with E-state index in [9.17, 15) is 0 Å². The van der Waals surface area contributed by atoms with Crippen LogP contribution in [0.5, 0.6) is 0 Å². The predicted octanol–water partition coefficient (Wildman–Crippen LogP) is 16.9. The van der Waals surface area contributed by atoms with Gasteiger partial charge >= 0.3 is 0 Å². The fourth-order valence-electron chi connectivity index (χ4n) is 9.40. The minimum Gasteiger partial charge on any atom is -0.310 e. The van der Waals surface area contributed by atoms with Crippen molar-refractivity contribution in [2.45, 2.75) is 13.8 Å². The third-order valence-corrected chi connectivity index (χ3v) is 12.5. The Morgan fingerprint density at radius 1 is 0.403 bits per heavy atom. The topological polar surface area (TPSA) is 8.17 Å². The SMILES string of the molecule is C/C=C\c1c(C)ccc2c1ccc1ccc(-c3ccc(N(c4ccc(-c5ccccc5)cc4)c4ccccc4-c4ccc(-n5c6ccccc6c6ccccc65)cc4)cc3)cc12. The van der Waals surface area contributed by atoms with Gasteiger partial charge in [-0.3, -0.25) is 0 Å². The van der Waals surface area contributed by atoms with Gasteiger partial charge in [0, 0.05) is 33.4 Å². The third-order valence-electron chi connectivity index (χ3n) is 12.5. The summed E-state index contributed by atoms with van der Waals surface area (Å²) in [4.78, 5) is 2.40. The van der Waals surface area contributed by atoms with Crippen LogP contribution in [0.4, 0.5) is 17.1 Å². The number of hydrogen-bond donors (Lipinski definition) is 0. The number of benzene rings is 10. The summed E-state index contributed by atoms with van der Waals surface area (Å²) in [5.74, 6) is 0. The number of aryl methyl sites for hydroxylation is 1. The summed E-state index contributed by atoms with van der Waals surface area (Å²) in [6, 6.07) is 79.8. The van der Waals surface area contributed by atoms with E-state index in [-0.39, 0.29) is 0 Å². The fraction of sp³-hybridized carbons (Fsp3) is 0.0333. The third kappa shape index (κ3) is 6.45. The molecular weight excluding hydrogens is 749 g/mol. The van der Waals surface area contributed by atoms with Crippen molar-refractivity contribution in [1.82, 2.24) is 4.57 Å². The van der Waals surface area contributed by atoms with Crippen LogP contribution in [0.15, 0.2) is 224 Å². The van der Waals surface area contributed by atoms with Crippen molar-refractivity contribution in [3.05, 3.63) is 236 Å². The Kier molecular flexibility index (Phi) is 9.32. The molecule has 11 aromatic rings. The summed E-state index contributed by atoms with van der Waals surface area (Å²) in [6.45, 7) is 4.28. The molecule has 0 N–H and O–H groups in total. The monoisotopic (exact) mass is 792 g/mol. The summed E-state index contributed by atoms with van der Waals surface area (Å²) < 4.78 is 2.38. The van der Waals surface area contributed by atoms with Crippen LogP contribution in [-0.2, 0) is 0 Å². The lowest BCUT2D eigenvalue weighted by Gasteiger charge is -2.28. The van der Waals surface area contributed by atoms with Gasteiger partial charge in [0.15, 0.2) is 0 Å². The smallest absolute Gasteiger partial charge is 0.0541 e. The Bertz CT molecular complexity index is 3390. The zero-order valence-electron chi connectivity index (χ0n) is 34.8. The highest BCUT2D eigenvalue weighted by molar-refractivity contribution is 6.12. The molecule has 0 aliphatic rings. The first-order valence-electron chi connectivity index (χ1n) is 21.5. The minimum atomic E-state index is 1.09. The highest BCUT2D eigenvalue weighted by atomic mass is 15.1. The Balaban J connectivity index is 1.00. The van der Waals surface area contributed by atoms with Crippen LogP contribution in [0.3, 0.4) is 0 Å². The van der Waals surface area contributed by atoms with Crippen LogP contribution >= 0.6 is 0 Å². The zero-order valence-corrected chi connectivity index (χ0v) is 34.8. The molecule has 2 nitrogen and oxygen atoms in total.